The van der Waals surface area contributed by atoms with Gasteiger partial charge < -0.3 is 10.2 Å². The number of benzene rings is 1. The van der Waals surface area contributed by atoms with Crippen LogP contribution in [0.2, 0.25) is 5.02 Å². The van der Waals surface area contributed by atoms with Crippen molar-refractivity contribution in [2.45, 2.75) is 57.6 Å². The molecule has 0 aromatic heterocycles. The minimum Gasteiger partial charge on any atom is -0.307 e. The number of carbonyl (C=O) groups is 1. The van der Waals surface area contributed by atoms with Gasteiger partial charge in [-0.05, 0) is 61.5 Å². The van der Waals surface area contributed by atoms with Gasteiger partial charge in [0.2, 0.25) is 10.0 Å². The molecule has 1 aliphatic heterocycles. The van der Waals surface area contributed by atoms with E-state index in [-0.39, 0.29) is 11.8 Å². The summed E-state index contributed by atoms with van der Waals surface area (Å²) in [6, 6.07) is 2.91. The molecule has 1 aliphatic rings. The van der Waals surface area contributed by atoms with Gasteiger partial charge in [-0.15, -0.1) is 0 Å². The lowest BCUT2D eigenvalue weighted by atomic mass is 9.92. The van der Waals surface area contributed by atoms with E-state index in [1.807, 2.05) is 51.8 Å². The number of halogens is 1. The molecule has 1 aromatic carbocycles. The molecule has 27 heavy (non-hydrogen) atoms. The first-order valence-electron chi connectivity index (χ1n) is 9.35. The number of likely N-dealkylation sites (tertiary alicyclic amines) is 1. The highest BCUT2D eigenvalue weighted by Gasteiger charge is 2.31. The summed E-state index contributed by atoms with van der Waals surface area (Å²) in [6.07, 6.45) is 1.36. The van der Waals surface area contributed by atoms with E-state index in [4.69, 9.17) is 11.6 Å². The smallest absolute Gasteiger partial charge is 0.307 e. The molecule has 1 fully saturated rings. The maximum Gasteiger partial charge on any atom is 0.332 e. The number of nitrogens with one attached hydrogen (secondary N) is 2. The van der Waals surface area contributed by atoms with Gasteiger partial charge in [-0.1, -0.05) is 39.3 Å². The molecule has 152 valence electrons. The van der Waals surface area contributed by atoms with Crippen LogP contribution in [-0.2, 0) is 10.0 Å². The first-order valence-corrected chi connectivity index (χ1v) is 11.3. The Hall–Kier alpha value is -1.31. The minimum absolute atomic E-state index is 0.125. The molecule has 0 aliphatic carbocycles. The van der Waals surface area contributed by atoms with Gasteiger partial charge in [0.15, 0.2) is 0 Å². The Morgan fingerprint density at radius 1 is 1.19 bits per heavy atom. The van der Waals surface area contributed by atoms with Gasteiger partial charge >= 0.3 is 6.03 Å². The Bertz CT molecular complexity index is 764. The van der Waals surface area contributed by atoms with Crippen molar-refractivity contribution in [2.75, 3.05) is 25.5 Å². The fourth-order valence-corrected chi connectivity index (χ4v) is 5.07. The monoisotopic (exact) mass is 415 g/mol. The van der Waals surface area contributed by atoms with E-state index in [2.05, 4.69) is 10.0 Å². The van der Waals surface area contributed by atoms with Crippen LogP contribution in [0.1, 0.15) is 63.5 Å². The molecule has 0 radical (unpaired) electrons. The average Bonchev–Trinajstić information content (AvgIpc) is 2.55. The van der Waals surface area contributed by atoms with Crippen LogP contribution in [-0.4, -0.2) is 44.7 Å². The van der Waals surface area contributed by atoms with Crippen LogP contribution in [0.3, 0.4) is 0 Å². The highest BCUT2D eigenvalue weighted by Crippen LogP contribution is 2.35. The van der Waals surface area contributed by atoms with E-state index < -0.39 is 21.3 Å². The highest BCUT2D eigenvalue weighted by molar-refractivity contribution is 7.90. The molecular weight excluding hydrogens is 386 g/mol. The van der Waals surface area contributed by atoms with Crippen molar-refractivity contribution >= 4 is 33.3 Å². The fraction of sp³-hybridized carbons (Fsp3) is 0.632. The Kier molecular flexibility index (Phi) is 7.16. The van der Waals surface area contributed by atoms with Crippen molar-refractivity contribution in [3.8, 4) is 0 Å². The van der Waals surface area contributed by atoms with Crippen molar-refractivity contribution in [3.63, 3.8) is 0 Å². The lowest BCUT2D eigenvalue weighted by Gasteiger charge is -2.29. The first-order chi connectivity index (χ1) is 12.5. The van der Waals surface area contributed by atoms with Gasteiger partial charge in [0.25, 0.3) is 0 Å². The van der Waals surface area contributed by atoms with E-state index >= 15 is 0 Å². The number of rotatable bonds is 5. The van der Waals surface area contributed by atoms with Gasteiger partial charge in [-0.3, -0.25) is 0 Å². The summed E-state index contributed by atoms with van der Waals surface area (Å²) in [5, 5.41) is 2.79. The van der Waals surface area contributed by atoms with Gasteiger partial charge in [-0.25, -0.2) is 17.9 Å². The number of piperidine rings is 1. The summed E-state index contributed by atoms with van der Waals surface area (Å²) >= 11 is 6.24. The second kappa shape index (κ2) is 8.80. The molecule has 2 rings (SSSR count). The Labute approximate surface area is 167 Å². The number of hydrogen-bond acceptors (Lipinski definition) is 4. The average molecular weight is 416 g/mol. The largest absolute Gasteiger partial charge is 0.332 e. The number of amides is 2. The van der Waals surface area contributed by atoms with Gasteiger partial charge in [0, 0.05) is 17.3 Å². The van der Waals surface area contributed by atoms with Crippen molar-refractivity contribution in [2.24, 2.45) is 0 Å². The molecule has 0 saturated carbocycles. The zero-order valence-corrected chi connectivity index (χ0v) is 18.2. The summed E-state index contributed by atoms with van der Waals surface area (Å²) in [5.41, 5.74) is 2.41. The van der Waals surface area contributed by atoms with E-state index in [9.17, 15) is 13.2 Å². The molecule has 0 bridgehead atoms. The third-order valence-electron chi connectivity index (χ3n) is 4.90. The second-order valence-corrected chi connectivity index (χ2v) is 10.3. The van der Waals surface area contributed by atoms with Gasteiger partial charge in [0.1, 0.15) is 0 Å². The number of sulfonamides is 1. The predicted molar refractivity (Wildman–Crippen MR) is 111 cm³/mol. The molecule has 1 aromatic rings. The molecule has 1 heterocycles. The molecule has 1 saturated heterocycles. The van der Waals surface area contributed by atoms with Crippen LogP contribution in [0.25, 0.3) is 0 Å². The summed E-state index contributed by atoms with van der Waals surface area (Å²) in [7, 11) is -1.85. The number of anilines is 1. The summed E-state index contributed by atoms with van der Waals surface area (Å²) in [4.78, 5) is 14.5. The summed E-state index contributed by atoms with van der Waals surface area (Å²) < 4.78 is 27.4. The number of nitrogens with zero attached hydrogens (tertiary/aromatic N) is 1. The third kappa shape index (κ3) is 5.59. The van der Waals surface area contributed by atoms with E-state index in [1.165, 1.54) is 0 Å². The molecule has 2 N–H and O–H groups in total. The number of hydrogen-bond donors (Lipinski definition) is 2. The maximum absolute atomic E-state index is 12.6. The third-order valence-corrected chi connectivity index (χ3v) is 6.85. The number of carbonyl (C=O) groups excluding carboxylic acids is 1. The molecule has 1 atom stereocenters. The van der Waals surface area contributed by atoms with Crippen molar-refractivity contribution in [1.29, 1.82) is 0 Å². The summed E-state index contributed by atoms with van der Waals surface area (Å²) in [5.74, 6) is 0.250. The standard InChI is InChI=1S/C19H30ClN3O3S/c1-12(2)16-9-14(20)10-17(13(3)4)18(16)21-19(24)22-27(25,26)15-7-6-8-23(5)11-15/h9-10,12-13,15H,6-8,11H2,1-5H3,(H2,21,22,24). The quantitative estimate of drug-likeness (QED) is 0.757. The molecule has 8 heteroatoms. The molecule has 6 nitrogen and oxygen atoms in total. The first kappa shape index (κ1) is 22.0. The Morgan fingerprint density at radius 2 is 1.74 bits per heavy atom. The highest BCUT2D eigenvalue weighted by atomic mass is 35.5. The van der Waals surface area contributed by atoms with E-state index in [0.29, 0.717) is 23.7 Å². The van der Waals surface area contributed by atoms with E-state index in [1.54, 1.807) is 0 Å². The zero-order valence-electron chi connectivity index (χ0n) is 16.7. The lowest BCUT2D eigenvalue weighted by Crippen LogP contribution is -2.47. The van der Waals surface area contributed by atoms with Gasteiger partial charge in [0.05, 0.1) is 5.25 Å². The van der Waals surface area contributed by atoms with Crippen molar-refractivity contribution in [3.05, 3.63) is 28.3 Å². The van der Waals surface area contributed by atoms with Crippen LogP contribution in [0, 0.1) is 0 Å². The lowest BCUT2D eigenvalue weighted by molar-refractivity contribution is 0.255. The zero-order chi connectivity index (χ0) is 20.4. The molecule has 2 amide bonds. The Morgan fingerprint density at radius 3 is 2.22 bits per heavy atom. The van der Waals surface area contributed by atoms with Crippen LogP contribution in [0.5, 0.6) is 0 Å². The fourth-order valence-electron chi connectivity index (χ4n) is 3.43. The topological polar surface area (TPSA) is 78.5 Å². The molecule has 0 spiro atoms. The van der Waals surface area contributed by atoms with Crippen LogP contribution in [0.4, 0.5) is 10.5 Å². The van der Waals surface area contributed by atoms with Crippen LogP contribution < -0.4 is 10.0 Å². The molecule has 1 unspecified atom stereocenters. The van der Waals surface area contributed by atoms with Crippen LogP contribution in [0.15, 0.2) is 12.1 Å². The van der Waals surface area contributed by atoms with Crippen molar-refractivity contribution in [1.82, 2.24) is 9.62 Å². The van der Waals surface area contributed by atoms with Crippen LogP contribution >= 0.6 is 11.6 Å². The second-order valence-electron chi connectivity index (χ2n) is 7.90. The molecular formula is C19H30ClN3O3S. The van der Waals surface area contributed by atoms with Gasteiger partial charge in [-0.2, -0.15) is 0 Å². The van der Waals surface area contributed by atoms with E-state index in [0.717, 1.165) is 24.1 Å². The maximum atomic E-state index is 12.6. The summed E-state index contributed by atoms with van der Waals surface area (Å²) in [6.45, 7) is 9.33. The normalized spacial score (nSPS) is 18.7. The Balaban J connectivity index is 2.24. The predicted octanol–water partition coefficient (Wildman–Crippen LogP) is 4.13. The SMILES string of the molecule is CC(C)c1cc(Cl)cc(C(C)C)c1NC(=O)NS(=O)(=O)C1CCCN(C)C1. The number of urea groups is 1. The van der Waals surface area contributed by atoms with Crippen molar-refractivity contribution < 1.29 is 13.2 Å². The minimum atomic E-state index is -3.74.